The van der Waals surface area contributed by atoms with E-state index in [1.54, 1.807) is 46.4 Å². The van der Waals surface area contributed by atoms with Crippen LogP contribution in [0.5, 0.6) is 0 Å². The van der Waals surface area contributed by atoms with Crippen LogP contribution in [0.2, 0.25) is 0 Å². The van der Waals surface area contributed by atoms with Crippen LogP contribution in [-0.4, -0.2) is 53.2 Å². The summed E-state index contributed by atoms with van der Waals surface area (Å²) in [4.78, 5) is 41.8. The Bertz CT molecular complexity index is 1270. The molecule has 2 aromatic heterocycles. The molecule has 0 bridgehead atoms. The van der Waals surface area contributed by atoms with E-state index >= 15 is 0 Å². The number of rotatable bonds is 7. The maximum Gasteiger partial charge on any atom is 0.471 e. The molecule has 1 aromatic carbocycles. The number of aromatic nitrogens is 1. The quantitative estimate of drug-likeness (QED) is 0.364. The van der Waals surface area contributed by atoms with E-state index in [0.29, 0.717) is 48.1 Å². The topological polar surface area (TPSA) is 128 Å². The third-order valence-corrected chi connectivity index (χ3v) is 7.21. The van der Waals surface area contributed by atoms with Crippen LogP contribution in [-0.2, 0) is 4.79 Å². The van der Waals surface area contributed by atoms with Gasteiger partial charge in [-0.2, -0.15) is 18.2 Å². The summed E-state index contributed by atoms with van der Waals surface area (Å²) in [7, 11) is 0. The van der Waals surface area contributed by atoms with E-state index in [1.165, 1.54) is 11.3 Å². The Morgan fingerprint density at radius 1 is 1.11 bits per heavy atom. The number of benzene rings is 1. The molecule has 1 saturated heterocycles. The van der Waals surface area contributed by atoms with E-state index in [0.717, 1.165) is 11.3 Å². The number of aromatic carboxylic acids is 1. The summed E-state index contributed by atoms with van der Waals surface area (Å²) < 4.78 is 37.5. The number of carbonyl (C=O) groups excluding carboxylic acids is 2. The number of halogens is 3. The molecule has 14 heteroatoms. The molecule has 2 amide bonds. The van der Waals surface area contributed by atoms with Crippen molar-refractivity contribution in [3.63, 3.8) is 0 Å². The highest BCUT2D eigenvalue weighted by atomic mass is 32.1. The van der Waals surface area contributed by atoms with Crippen molar-refractivity contribution in [2.45, 2.75) is 25.1 Å². The molecule has 0 radical (unpaired) electrons. The van der Waals surface area contributed by atoms with Crippen molar-refractivity contribution < 1.29 is 38.0 Å². The first kappa shape index (κ1) is 25.6. The molecular formula is C22H21F3N5O4S2+. The first-order valence-electron chi connectivity index (χ1n) is 10.8. The molecule has 0 saturated carbocycles. The summed E-state index contributed by atoms with van der Waals surface area (Å²) in [6, 6.07) is 8.15. The molecule has 1 aliphatic heterocycles. The number of para-hydroxylation sites is 2. The number of nitrogens with two attached hydrogens (primary N) is 1. The zero-order valence-electron chi connectivity index (χ0n) is 18.5. The van der Waals surface area contributed by atoms with Crippen LogP contribution >= 0.6 is 22.7 Å². The number of nitrogens with zero attached hydrogens (tertiary/aromatic N) is 2. The fourth-order valence-electron chi connectivity index (χ4n) is 3.77. The second kappa shape index (κ2) is 10.6. The van der Waals surface area contributed by atoms with Crippen molar-refractivity contribution in [1.29, 1.82) is 0 Å². The lowest BCUT2D eigenvalue weighted by Crippen LogP contribution is -2.71. The number of carboxylic acids is 1. The van der Waals surface area contributed by atoms with Gasteiger partial charge in [0.15, 0.2) is 10.6 Å². The van der Waals surface area contributed by atoms with Gasteiger partial charge in [-0.3, -0.25) is 14.9 Å². The lowest BCUT2D eigenvalue weighted by Gasteiger charge is -2.35. The van der Waals surface area contributed by atoms with Crippen LogP contribution < -0.4 is 20.9 Å². The van der Waals surface area contributed by atoms with Crippen molar-refractivity contribution in [3.05, 3.63) is 51.7 Å². The Kier molecular flexibility index (Phi) is 7.56. The average Bonchev–Trinajstić information content (AvgIpc) is 3.50. The number of quaternary nitrogens is 1. The fraction of sp³-hybridized carbons (Fsp3) is 0.273. The maximum atomic E-state index is 12.9. The summed E-state index contributed by atoms with van der Waals surface area (Å²) >= 11 is 2.31. The molecule has 1 aliphatic rings. The van der Waals surface area contributed by atoms with Crippen LogP contribution in [0.15, 0.2) is 41.1 Å². The highest BCUT2D eigenvalue weighted by Crippen LogP contribution is 2.29. The molecule has 0 aliphatic carbocycles. The zero-order chi connectivity index (χ0) is 25.9. The second-order valence-electron chi connectivity index (χ2n) is 7.93. The molecule has 9 nitrogen and oxygen atoms in total. The number of anilines is 2. The van der Waals surface area contributed by atoms with Gasteiger partial charge < -0.3 is 20.6 Å². The summed E-state index contributed by atoms with van der Waals surface area (Å²) in [6.45, 7) is 0.802. The van der Waals surface area contributed by atoms with Gasteiger partial charge in [-0.05, 0) is 30.4 Å². The van der Waals surface area contributed by atoms with Gasteiger partial charge in [-0.1, -0.05) is 23.5 Å². The number of nitrogens with one attached hydrogen (secondary N) is 2. The van der Waals surface area contributed by atoms with Gasteiger partial charge in [0.2, 0.25) is 0 Å². The van der Waals surface area contributed by atoms with Crippen LogP contribution in [0.25, 0.3) is 0 Å². The molecule has 36 heavy (non-hydrogen) atoms. The highest BCUT2D eigenvalue weighted by Gasteiger charge is 2.40. The monoisotopic (exact) mass is 540 g/mol. The Labute approximate surface area is 211 Å². The number of thiophene rings is 1. The normalized spacial score (nSPS) is 14.5. The van der Waals surface area contributed by atoms with Crippen molar-refractivity contribution in [2.24, 2.45) is 0 Å². The van der Waals surface area contributed by atoms with Crippen LogP contribution in [0.4, 0.5) is 35.4 Å². The number of hydrogen-bond donors (Lipinski definition) is 4. The number of carboxylic acid groups (broad SMARTS) is 1. The molecule has 0 unspecified atom stereocenters. The molecule has 190 valence electrons. The first-order chi connectivity index (χ1) is 17.1. The second-order valence-corrected chi connectivity index (χ2v) is 9.74. The number of alkyl halides is 3. The van der Waals surface area contributed by atoms with Crippen LogP contribution in [0, 0.1) is 0 Å². The van der Waals surface area contributed by atoms with Gasteiger partial charge in [-0.25, -0.2) is 4.79 Å². The van der Waals surface area contributed by atoms with Gasteiger partial charge in [0.1, 0.15) is 5.69 Å². The molecule has 5 N–H and O–H groups in total. The average molecular weight is 541 g/mol. The van der Waals surface area contributed by atoms with Crippen molar-refractivity contribution >= 4 is 62.7 Å². The van der Waals surface area contributed by atoms with Gasteiger partial charge in [-0.15, -0.1) is 11.3 Å². The lowest BCUT2D eigenvalue weighted by atomic mass is 10.0. The summed E-state index contributed by atoms with van der Waals surface area (Å²) in [5.74, 6) is -3.42. The summed E-state index contributed by atoms with van der Waals surface area (Å²) in [5, 5.41) is 19.4. The Balaban J connectivity index is 1.39. The van der Waals surface area contributed by atoms with Gasteiger partial charge in [0.25, 0.3) is 11.0 Å². The molecule has 0 spiro atoms. The molecule has 3 heterocycles. The standard InChI is InChI=1S/C22H20F3N5O4S2/c23-22(24,25)20(34)26-12-5-8-30(9-6-12)16-4-2-1-3-13(16)27-18(31)15-11-36-21(29-15)28-14-7-10-35-17(14)19(32)33/h1-4,7,10-12H,5-6,8-9H2,(H,26,34)(H,27,31)(H,28,29)(H,32,33)/p+1. The molecule has 1 fully saturated rings. The Morgan fingerprint density at radius 2 is 1.83 bits per heavy atom. The molecule has 3 aromatic rings. The van der Waals surface area contributed by atoms with Crippen molar-refractivity contribution in [1.82, 2.24) is 10.3 Å². The zero-order valence-corrected chi connectivity index (χ0v) is 20.2. The van der Waals surface area contributed by atoms with Crippen LogP contribution in [0.3, 0.4) is 0 Å². The van der Waals surface area contributed by atoms with E-state index in [9.17, 15) is 32.7 Å². The predicted molar refractivity (Wildman–Crippen MR) is 128 cm³/mol. The number of carbonyl (C=O) groups is 3. The van der Waals surface area contributed by atoms with E-state index in [1.807, 2.05) is 10.2 Å². The molecular weight excluding hydrogens is 519 g/mol. The fourth-order valence-corrected chi connectivity index (χ4v) is 5.22. The largest absolute Gasteiger partial charge is 0.477 e. The van der Waals surface area contributed by atoms with E-state index < -0.39 is 30.0 Å². The third kappa shape index (κ3) is 6.01. The SMILES string of the molecule is O=C(Nc1ccccc1N1CCC(NC(=O)C(F)(F)F)CC1)c1csc([NH2+]c2ccsc2C(=O)O)n1. The minimum absolute atomic E-state index is 0.168. The van der Waals surface area contributed by atoms with Gasteiger partial charge in [0, 0.05) is 30.6 Å². The number of thiazole rings is 1. The van der Waals surface area contributed by atoms with Gasteiger partial charge in [0.05, 0.1) is 11.4 Å². The maximum absolute atomic E-state index is 12.9. The number of piperidine rings is 1. The minimum atomic E-state index is -4.91. The van der Waals surface area contributed by atoms with Crippen molar-refractivity contribution in [2.75, 3.05) is 23.3 Å². The third-order valence-electron chi connectivity index (χ3n) is 5.50. The smallest absolute Gasteiger partial charge is 0.471 e. The van der Waals surface area contributed by atoms with E-state index in [4.69, 9.17) is 0 Å². The number of amides is 2. The lowest BCUT2D eigenvalue weighted by molar-refractivity contribution is -0.478. The van der Waals surface area contributed by atoms with Crippen molar-refractivity contribution in [3.8, 4) is 0 Å². The summed E-state index contributed by atoms with van der Waals surface area (Å²) in [6.07, 6.45) is -4.25. The highest BCUT2D eigenvalue weighted by molar-refractivity contribution is 7.13. The predicted octanol–water partition coefficient (Wildman–Crippen LogP) is 3.33. The summed E-state index contributed by atoms with van der Waals surface area (Å²) in [5.41, 5.74) is 1.90. The molecule has 0 atom stereocenters. The Hall–Kier alpha value is -3.49. The molecule has 4 rings (SSSR count). The number of hydrogen-bond acceptors (Lipinski definition) is 7. The van der Waals surface area contributed by atoms with E-state index in [2.05, 4.69) is 10.3 Å². The van der Waals surface area contributed by atoms with Gasteiger partial charge >= 0.3 is 18.1 Å². The van der Waals surface area contributed by atoms with Crippen LogP contribution in [0.1, 0.15) is 33.0 Å². The first-order valence-corrected chi connectivity index (χ1v) is 12.5. The Morgan fingerprint density at radius 3 is 2.53 bits per heavy atom. The minimum Gasteiger partial charge on any atom is -0.477 e. The van der Waals surface area contributed by atoms with E-state index in [-0.39, 0.29) is 10.6 Å².